The minimum Gasteiger partial charge on any atom is -0.465 e. The molecule has 0 saturated carbocycles. The Balaban J connectivity index is 1.06. The third-order valence-electron chi connectivity index (χ3n) is 12.3. The van der Waals surface area contributed by atoms with E-state index in [-0.39, 0.29) is 29.7 Å². The van der Waals surface area contributed by atoms with Crippen LogP contribution < -0.4 is 10.6 Å². The number of aromatic amines is 2. The maximum Gasteiger partial charge on any atom is 0.407 e. The molecular weight excluding hydrogens is 813 g/mol. The van der Waals surface area contributed by atoms with Crippen LogP contribution in [0.25, 0.3) is 44.2 Å². The Morgan fingerprint density at radius 1 is 0.906 bits per heavy atom. The lowest BCUT2D eigenvalue weighted by atomic mass is 9.95. The molecule has 15 heteroatoms. The highest BCUT2D eigenvalue weighted by Crippen LogP contribution is 2.39. The average Bonchev–Trinajstić information content (AvgIpc) is 4.13. The highest BCUT2D eigenvalue weighted by atomic mass is 16.5. The van der Waals surface area contributed by atoms with Gasteiger partial charge in [-0.05, 0) is 72.4 Å². The van der Waals surface area contributed by atoms with Crippen LogP contribution in [0.3, 0.4) is 0 Å². The summed E-state index contributed by atoms with van der Waals surface area (Å²) in [5.41, 5.74) is 6.63. The fourth-order valence-electron chi connectivity index (χ4n) is 9.21. The van der Waals surface area contributed by atoms with Gasteiger partial charge in [-0.1, -0.05) is 80.4 Å². The third-order valence-corrected chi connectivity index (χ3v) is 12.3. The van der Waals surface area contributed by atoms with E-state index in [1.54, 1.807) is 47.4 Å². The number of amides is 4. The highest BCUT2D eigenvalue weighted by molar-refractivity contribution is 6.05. The van der Waals surface area contributed by atoms with Crippen molar-refractivity contribution in [1.82, 2.24) is 40.4 Å². The first kappa shape index (κ1) is 43.5. The summed E-state index contributed by atoms with van der Waals surface area (Å²) in [6, 6.07) is 22.8. The monoisotopic (exact) mass is 864 g/mol. The van der Waals surface area contributed by atoms with Gasteiger partial charge < -0.3 is 45.0 Å². The third kappa shape index (κ3) is 8.74. The van der Waals surface area contributed by atoms with Gasteiger partial charge in [0.15, 0.2) is 0 Å². The Hall–Kier alpha value is -7.18. The van der Waals surface area contributed by atoms with Crippen molar-refractivity contribution < 1.29 is 33.8 Å². The molecule has 6 aromatic rings. The van der Waals surface area contributed by atoms with Crippen molar-refractivity contribution in [2.24, 2.45) is 11.8 Å². The first-order valence-corrected chi connectivity index (χ1v) is 21.5. The standard InChI is InChI=1S/C49H52N8O7/c1-6-11-31-24-34(38-25-50-44(52-38)39-14-10-21-56(39)46(58)41(28(2)3)55-49(62)64-5)16-18-35(31)32-15-19-36-33(23-32)17-20-37-43(36)53-45(51-37)40-22-29(27-63-4)26-57(40)47(59)42(54-48(60)61)30-12-8-7-9-13-30/h7-9,12-13,15-20,23-25,28-29,39-42,54H,10,14,21-22,26-27H2,1-5H3,(H,50,52)(H,51,53)(H,55,62)(H,60,61)/t29-,39-,40-,41-,42+/m0/s1. The molecule has 2 saturated heterocycles. The minimum absolute atomic E-state index is 0.0315. The molecule has 2 aliphatic rings. The molecule has 5 N–H and O–H groups in total. The van der Waals surface area contributed by atoms with Crippen molar-refractivity contribution >= 4 is 45.8 Å². The molecule has 330 valence electrons. The number of ether oxygens (including phenoxy) is 2. The van der Waals surface area contributed by atoms with Crippen molar-refractivity contribution in [3.8, 4) is 34.2 Å². The van der Waals surface area contributed by atoms with Crippen molar-refractivity contribution in [3.63, 3.8) is 0 Å². The summed E-state index contributed by atoms with van der Waals surface area (Å²) < 4.78 is 10.3. The van der Waals surface area contributed by atoms with E-state index in [0.717, 1.165) is 62.6 Å². The van der Waals surface area contributed by atoms with Crippen LogP contribution in [0.4, 0.5) is 9.59 Å². The Bertz CT molecular complexity index is 2770. The van der Waals surface area contributed by atoms with Gasteiger partial charge in [0.05, 0.1) is 48.7 Å². The number of benzene rings is 4. The lowest BCUT2D eigenvalue weighted by Gasteiger charge is -2.30. The number of nitrogens with one attached hydrogen (secondary N) is 4. The molecule has 5 atom stereocenters. The van der Waals surface area contributed by atoms with E-state index in [1.807, 2.05) is 51.1 Å². The first-order chi connectivity index (χ1) is 31.0. The number of likely N-dealkylation sites (tertiary alicyclic amines) is 2. The number of carboxylic acid groups (broad SMARTS) is 1. The van der Waals surface area contributed by atoms with E-state index in [9.17, 15) is 24.3 Å². The van der Waals surface area contributed by atoms with Gasteiger partial charge in [-0.3, -0.25) is 9.59 Å². The quantitative estimate of drug-likeness (QED) is 0.0765. The Labute approximate surface area is 370 Å². The average molecular weight is 865 g/mol. The van der Waals surface area contributed by atoms with Gasteiger partial charge in [0.2, 0.25) is 5.91 Å². The van der Waals surface area contributed by atoms with Gasteiger partial charge in [-0.25, -0.2) is 19.6 Å². The number of methoxy groups -OCH3 is 2. The zero-order chi connectivity index (χ0) is 45.1. The van der Waals surface area contributed by atoms with Crippen molar-refractivity contribution in [3.05, 3.63) is 108 Å². The van der Waals surface area contributed by atoms with Crippen LogP contribution in [0, 0.1) is 23.7 Å². The van der Waals surface area contributed by atoms with Gasteiger partial charge in [0.1, 0.15) is 23.7 Å². The zero-order valence-corrected chi connectivity index (χ0v) is 36.5. The van der Waals surface area contributed by atoms with Crippen LogP contribution in [0.2, 0.25) is 0 Å². The van der Waals surface area contributed by atoms with E-state index < -0.39 is 30.3 Å². The van der Waals surface area contributed by atoms with E-state index >= 15 is 0 Å². The summed E-state index contributed by atoms with van der Waals surface area (Å²) in [6.07, 6.45) is 2.02. The smallest absolute Gasteiger partial charge is 0.407 e. The van der Waals surface area contributed by atoms with E-state index in [0.29, 0.717) is 43.3 Å². The number of fused-ring (bicyclic) bond motifs is 3. The molecule has 0 unspecified atom stereocenters. The summed E-state index contributed by atoms with van der Waals surface area (Å²) in [5.74, 6) is 7.07. The molecule has 0 aliphatic carbocycles. The molecule has 0 bridgehead atoms. The van der Waals surface area contributed by atoms with Crippen molar-refractivity contribution in [1.29, 1.82) is 0 Å². The van der Waals surface area contributed by atoms with Gasteiger partial charge in [-0.15, -0.1) is 5.92 Å². The first-order valence-electron chi connectivity index (χ1n) is 21.5. The predicted molar refractivity (Wildman–Crippen MR) is 242 cm³/mol. The summed E-state index contributed by atoms with van der Waals surface area (Å²) >= 11 is 0. The Kier molecular flexibility index (Phi) is 12.7. The molecule has 4 heterocycles. The second-order valence-electron chi connectivity index (χ2n) is 16.7. The van der Waals surface area contributed by atoms with Crippen LogP contribution in [0.5, 0.6) is 0 Å². The number of hydrogen-bond donors (Lipinski definition) is 5. The molecule has 0 radical (unpaired) electrons. The number of hydrogen-bond acceptors (Lipinski definition) is 8. The largest absolute Gasteiger partial charge is 0.465 e. The molecular formula is C49H52N8O7. The lowest BCUT2D eigenvalue weighted by Crippen LogP contribution is -2.51. The summed E-state index contributed by atoms with van der Waals surface area (Å²) in [4.78, 5) is 72.1. The lowest BCUT2D eigenvalue weighted by molar-refractivity contribution is -0.136. The summed E-state index contributed by atoms with van der Waals surface area (Å²) in [5, 5.41) is 16.8. The number of carbonyl (C=O) groups is 4. The van der Waals surface area contributed by atoms with Gasteiger partial charge in [-0.2, -0.15) is 0 Å². The molecule has 2 fully saturated rings. The number of rotatable bonds is 12. The number of H-pyrrole nitrogens is 2. The molecule has 2 aromatic heterocycles. The molecule has 2 aliphatic heterocycles. The molecule has 4 amide bonds. The maximum atomic E-state index is 14.2. The van der Waals surface area contributed by atoms with Crippen LogP contribution in [0.1, 0.15) is 80.9 Å². The number of alkyl carbamates (subject to hydrolysis) is 1. The van der Waals surface area contributed by atoms with Crippen LogP contribution >= 0.6 is 0 Å². The fraction of sp³-hybridized carbons (Fsp3) is 0.347. The highest BCUT2D eigenvalue weighted by Gasteiger charge is 2.42. The SMILES string of the molecule is CC#Cc1cc(-c2cnc([C@@H]3CCCN3C(=O)[C@@H](NC(=O)OC)C(C)C)[nH]2)ccc1-c1ccc2c(ccc3nc([C@@H]4C[C@H](COC)CN4C(=O)[C@H](NC(=O)O)c4ccccc4)[nH]c32)c1. The second-order valence-corrected chi connectivity index (χ2v) is 16.7. The van der Waals surface area contributed by atoms with Gasteiger partial charge in [0, 0.05) is 42.6 Å². The van der Waals surface area contributed by atoms with Crippen molar-refractivity contribution in [2.45, 2.75) is 64.2 Å². The van der Waals surface area contributed by atoms with Crippen molar-refractivity contribution in [2.75, 3.05) is 33.9 Å². The van der Waals surface area contributed by atoms with Crippen LogP contribution in [-0.2, 0) is 19.1 Å². The molecule has 8 rings (SSSR count). The number of aromatic nitrogens is 4. The molecule has 15 nitrogen and oxygen atoms in total. The predicted octanol–water partition coefficient (Wildman–Crippen LogP) is 7.73. The van der Waals surface area contributed by atoms with Gasteiger partial charge >= 0.3 is 12.2 Å². The zero-order valence-electron chi connectivity index (χ0n) is 36.5. The molecule has 64 heavy (non-hydrogen) atoms. The normalized spacial score (nSPS) is 18.2. The molecule has 4 aromatic carbocycles. The maximum absolute atomic E-state index is 14.2. The summed E-state index contributed by atoms with van der Waals surface area (Å²) in [7, 11) is 2.92. The summed E-state index contributed by atoms with van der Waals surface area (Å²) in [6.45, 7) is 7.00. The van der Waals surface area contributed by atoms with Crippen LogP contribution in [-0.4, -0.2) is 98.8 Å². The second kappa shape index (κ2) is 18.7. The number of carbonyl (C=O) groups excluding carboxylic acids is 3. The van der Waals surface area contributed by atoms with E-state index in [1.165, 1.54) is 7.11 Å². The topological polar surface area (TPSA) is 195 Å². The van der Waals surface area contributed by atoms with Gasteiger partial charge in [0.25, 0.3) is 5.91 Å². The number of nitrogens with zero attached hydrogens (tertiary/aromatic N) is 4. The minimum atomic E-state index is -1.28. The number of imidazole rings is 2. The fourth-order valence-corrected chi connectivity index (χ4v) is 9.21. The van der Waals surface area contributed by atoms with E-state index in [2.05, 4.69) is 56.7 Å². The van der Waals surface area contributed by atoms with E-state index in [4.69, 9.17) is 19.4 Å². The Morgan fingerprint density at radius 2 is 1.70 bits per heavy atom. The molecule has 0 spiro atoms. The van der Waals surface area contributed by atoms with Crippen LogP contribution in [0.15, 0.2) is 85.1 Å². The Morgan fingerprint density at radius 3 is 2.44 bits per heavy atom.